The van der Waals surface area contributed by atoms with Crippen LogP contribution in [-0.2, 0) is 132 Å². The fourth-order valence-corrected chi connectivity index (χ4v) is 11.6. The number of nitrogen functional groups attached to an aromatic ring is 4. The van der Waals surface area contributed by atoms with Gasteiger partial charge in [0.1, 0.15) is 11.6 Å². The van der Waals surface area contributed by atoms with E-state index in [1.807, 2.05) is 86.6 Å². The molecule has 8 aromatic carbocycles. The van der Waals surface area contributed by atoms with Crippen molar-refractivity contribution in [1.82, 2.24) is 9.55 Å². The van der Waals surface area contributed by atoms with Crippen LogP contribution < -0.4 is 38.5 Å². The largest absolute Gasteiger partial charge is 0.490 e. The number of fused-ring (bicyclic) bond motifs is 7. The summed E-state index contributed by atoms with van der Waals surface area (Å²) in [7, 11) is 1.36. The molecule has 0 spiro atoms. The standard InChI is InChI=1S/C21H19F2N3O3.C9H11NO.2C8H8BrNO.C8H7NO3.C8H9NO.C8H8O/c1-12-3-14-10-29-11-15(14)6-18(12)24-21-25-20(27)19(28-2)9-26(21)8-13-4-16(22)7-17(23)5-13;1-6-2-7-4-11-5-8(7)3-9(6)10;9-7-1-5-3-11-4-6(5)2-8(7)10;9-8-6-4-11-3-5(6)1-2-7(8)10;10-9(11)8-2-1-6-4-12-5-7(6)3-8;9-8-2-1-6-4-10-5-7(6)3-8;1-2-4-8-6-9-5-7(8)3-1/h3-7,9H,8,10-11H2,1-2H3,(H,24,25,27);2-3H,4-5,10H2,1H3;2*1-2H,3-4,10H2;1-3H,4-5H2;1-3H,4-5,9H2;1-4H,5-6H2. The van der Waals surface area contributed by atoms with E-state index in [1.165, 1.54) is 87.1 Å². The van der Waals surface area contributed by atoms with E-state index in [0.717, 1.165) is 116 Å². The van der Waals surface area contributed by atoms with Gasteiger partial charge in [-0.15, -0.1) is 0 Å². The van der Waals surface area contributed by atoms with Crippen molar-refractivity contribution >= 4 is 71.9 Å². The van der Waals surface area contributed by atoms with Gasteiger partial charge in [0.25, 0.3) is 5.69 Å². The first-order valence-corrected chi connectivity index (χ1v) is 31.2. The van der Waals surface area contributed by atoms with Crippen molar-refractivity contribution in [1.29, 1.82) is 0 Å². The first kappa shape index (κ1) is 67.3. The van der Waals surface area contributed by atoms with Crippen molar-refractivity contribution in [3.8, 4) is 5.75 Å². The highest BCUT2D eigenvalue weighted by Crippen LogP contribution is 2.34. The molecule has 7 aliphatic heterocycles. The normalized spacial score (nSPS) is 14.3. The summed E-state index contributed by atoms with van der Waals surface area (Å²) < 4.78 is 72.6. The van der Waals surface area contributed by atoms with Gasteiger partial charge in [-0.25, -0.2) is 8.78 Å². The van der Waals surface area contributed by atoms with Crippen LogP contribution in [0, 0.1) is 35.6 Å². The van der Waals surface area contributed by atoms with Crippen LogP contribution in [-0.4, -0.2) is 21.6 Å². The van der Waals surface area contributed by atoms with E-state index < -0.39 is 22.1 Å². The Kier molecular flexibility index (Phi) is 22.7. The molecule has 0 atom stereocenters. The van der Waals surface area contributed by atoms with Gasteiger partial charge >= 0.3 is 5.56 Å². The molecule has 93 heavy (non-hydrogen) atoms. The van der Waals surface area contributed by atoms with Crippen molar-refractivity contribution in [3.63, 3.8) is 0 Å². The SMILES string of the molecule is COc1cn(Cc2cc(F)cc(F)c2)c(Nc2cc3c(cc2C)COC3)nc1=O.Cc1cc2c(cc1N)COC2.Nc1cc2c(cc1Br)COC2.Nc1ccc2c(c1)COC2.Nc1ccc2c(c1Br)COC2.O=[N+]([O-])c1ccc2c(c1)COC2.c1ccc2c(c1)COC2. The molecule has 0 amide bonds. The van der Waals surface area contributed by atoms with Gasteiger partial charge in [0.2, 0.25) is 11.7 Å². The van der Waals surface area contributed by atoms with E-state index in [0.29, 0.717) is 58.4 Å². The number of nitrogens with one attached hydrogen (secondary N) is 1. The summed E-state index contributed by atoms with van der Waals surface area (Å²) in [6.45, 7) is 13.6. The number of aromatic nitrogens is 2. The van der Waals surface area contributed by atoms with Gasteiger partial charge in [-0.1, -0.05) is 48.5 Å². The molecule has 7 aliphatic rings. The maximum absolute atomic E-state index is 13.6. The van der Waals surface area contributed by atoms with Crippen molar-refractivity contribution < 1.29 is 51.6 Å². The number of anilines is 6. The monoisotopic (exact) mass is 1390 g/mol. The Morgan fingerprint density at radius 2 is 1.00 bits per heavy atom. The number of aryl methyl sites for hydroxylation is 2. The molecule has 0 saturated carbocycles. The molecule has 0 fully saturated rings. The highest BCUT2D eigenvalue weighted by atomic mass is 79.9. The smallest absolute Gasteiger partial charge is 0.316 e. The Hall–Kier alpha value is -8.62. The molecule has 1 aromatic heterocycles. The fraction of sp³-hybridized carbons (Fsp3) is 0.257. The lowest BCUT2D eigenvalue weighted by Crippen LogP contribution is -2.19. The molecule has 19 nitrogen and oxygen atoms in total. The number of nitrogens with two attached hydrogens (primary N) is 4. The third kappa shape index (κ3) is 17.6. The first-order valence-electron chi connectivity index (χ1n) is 29.6. The van der Waals surface area contributed by atoms with Crippen molar-refractivity contribution in [2.45, 2.75) is 113 Å². The van der Waals surface area contributed by atoms with Gasteiger partial charge in [0.15, 0.2) is 0 Å². The van der Waals surface area contributed by atoms with Gasteiger partial charge in [-0.3, -0.25) is 14.9 Å². The Morgan fingerprint density at radius 1 is 0.538 bits per heavy atom. The second-order valence-electron chi connectivity index (χ2n) is 22.6. The van der Waals surface area contributed by atoms with E-state index >= 15 is 0 Å². The van der Waals surface area contributed by atoms with Crippen LogP contribution in [0.3, 0.4) is 0 Å². The molecule has 0 aliphatic carbocycles. The quantitative estimate of drug-likeness (QED) is 0.0588. The first-order chi connectivity index (χ1) is 44.8. The summed E-state index contributed by atoms with van der Waals surface area (Å²) in [5.74, 6) is -1.08. The van der Waals surface area contributed by atoms with Crippen LogP contribution >= 0.6 is 31.9 Å². The molecule has 0 radical (unpaired) electrons. The third-order valence-corrected chi connectivity index (χ3v) is 17.5. The number of nitrogens with zero attached hydrogens (tertiary/aromatic N) is 3. The van der Waals surface area contributed by atoms with Crippen LogP contribution in [0.5, 0.6) is 5.75 Å². The Balaban J connectivity index is 0.000000125. The molecule has 16 rings (SSSR count). The van der Waals surface area contributed by atoms with E-state index in [-0.39, 0.29) is 23.9 Å². The number of benzene rings is 8. The van der Waals surface area contributed by atoms with E-state index in [2.05, 4.69) is 60.4 Å². The van der Waals surface area contributed by atoms with Crippen molar-refractivity contribution in [2.75, 3.05) is 35.4 Å². The zero-order valence-electron chi connectivity index (χ0n) is 51.5. The van der Waals surface area contributed by atoms with Crippen LogP contribution in [0.15, 0.2) is 147 Å². The summed E-state index contributed by atoms with van der Waals surface area (Å²) in [6, 6.07) is 38.3. The van der Waals surface area contributed by atoms with Crippen molar-refractivity contribution in [3.05, 3.63) is 269 Å². The highest BCUT2D eigenvalue weighted by Gasteiger charge is 2.20. The molecular weight excluding hydrogens is 1330 g/mol. The molecule has 0 saturated heterocycles. The van der Waals surface area contributed by atoms with Crippen molar-refractivity contribution in [2.24, 2.45) is 0 Å². The topological polar surface area (TPSA) is 268 Å². The summed E-state index contributed by atoms with van der Waals surface area (Å²) in [4.78, 5) is 26.3. The predicted molar refractivity (Wildman–Crippen MR) is 358 cm³/mol. The molecule has 8 heterocycles. The second kappa shape index (κ2) is 31.3. The van der Waals surface area contributed by atoms with Crippen LogP contribution in [0.25, 0.3) is 0 Å². The van der Waals surface area contributed by atoms with Gasteiger partial charge < -0.3 is 70.7 Å². The summed E-state index contributed by atoms with van der Waals surface area (Å²) >= 11 is 6.79. The Morgan fingerprint density at radius 3 is 1.58 bits per heavy atom. The zero-order chi connectivity index (χ0) is 65.7. The minimum Gasteiger partial charge on any atom is -0.490 e. The lowest BCUT2D eigenvalue weighted by molar-refractivity contribution is -0.384. The highest BCUT2D eigenvalue weighted by molar-refractivity contribution is 9.11. The molecule has 484 valence electrons. The number of ether oxygens (including phenoxy) is 8. The second-order valence-corrected chi connectivity index (χ2v) is 24.2. The molecule has 9 aromatic rings. The lowest BCUT2D eigenvalue weighted by Gasteiger charge is -2.17. The predicted octanol–water partition coefficient (Wildman–Crippen LogP) is 14.0. The lowest BCUT2D eigenvalue weighted by atomic mass is 10.1. The minimum atomic E-state index is -0.676. The number of non-ortho nitro benzene ring substituents is 1. The molecule has 0 bridgehead atoms. The van der Waals surface area contributed by atoms with E-state index in [4.69, 9.17) is 60.8 Å². The van der Waals surface area contributed by atoms with Gasteiger partial charge in [0, 0.05) is 55.6 Å². The number of hydrogen-bond acceptors (Lipinski definition) is 17. The number of rotatable bonds is 6. The number of hydrogen-bond donors (Lipinski definition) is 5. The van der Waals surface area contributed by atoms with Gasteiger partial charge in [0.05, 0.1) is 117 Å². The van der Waals surface area contributed by atoms with Crippen LogP contribution in [0.1, 0.15) is 94.6 Å². The maximum atomic E-state index is 13.6. The maximum Gasteiger partial charge on any atom is 0.316 e. The Labute approximate surface area is 553 Å². The summed E-state index contributed by atoms with van der Waals surface area (Å²) in [5, 5.41) is 13.5. The molecule has 23 heteroatoms. The summed E-state index contributed by atoms with van der Waals surface area (Å²) in [6.07, 6.45) is 1.46. The van der Waals surface area contributed by atoms with Gasteiger partial charge in [-0.2, -0.15) is 4.98 Å². The average Bonchev–Trinajstić information content (AvgIpc) is 1.10. The van der Waals surface area contributed by atoms with E-state index in [1.54, 1.807) is 16.7 Å². The minimum absolute atomic E-state index is 0.0338. The zero-order valence-corrected chi connectivity index (χ0v) is 54.6. The number of halogens is 4. The summed E-state index contributed by atoms with van der Waals surface area (Å²) in [5.41, 5.74) is 45.6. The van der Waals surface area contributed by atoms with E-state index in [9.17, 15) is 23.7 Å². The fourth-order valence-electron chi connectivity index (χ4n) is 10.7. The molecular formula is C70H70Br2F2N8O11. The van der Waals surface area contributed by atoms with Crippen LogP contribution in [0.2, 0.25) is 0 Å². The molecule has 9 N–H and O–H groups in total. The number of methoxy groups -OCH3 is 1. The Bertz CT molecular complexity index is 4110. The third-order valence-electron chi connectivity index (χ3n) is 15.9. The number of nitro benzene ring substituents is 1. The molecule has 0 unspecified atom stereocenters. The average molecular weight is 1400 g/mol. The number of nitro groups is 1. The van der Waals surface area contributed by atoms with Crippen LogP contribution in [0.4, 0.5) is 48.9 Å². The van der Waals surface area contributed by atoms with Gasteiger partial charge in [-0.05, 0) is 201 Å².